The van der Waals surface area contributed by atoms with E-state index in [9.17, 15) is 4.39 Å². The highest BCUT2D eigenvalue weighted by atomic mass is 19.1. The molecule has 4 aromatic rings. The highest BCUT2D eigenvalue weighted by Crippen LogP contribution is 2.43. The number of benzene rings is 1. The fourth-order valence-corrected chi connectivity index (χ4v) is 4.94. The summed E-state index contributed by atoms with van der Waals surface area (Å²) in [6.07, 6.45) is 10.6. The predicted octanol–water partition coefficient (Wildman–Crippen LogP) is 6.10. The number of imidazole rings is 1. The summed E-state index contributed by atoms with van der Waals surface area (Å²) < 4.78 is 16.0. The molecule has 142 valence electrons. The third kappa shape index (κ3) is 2.97. The first-order valence-electron chi connectivity index (χ1n) is 10.2. The molecule has 0 aliphatic heterocycles. The molecule has 0 saturated heterocycles. The van der Waals surface area contributed by atoms with Crippen molar-refractivity contribution in [2.24, 2.45) is 5.92 Å². The number of nitrogens with zero attached hydrogens (tertiary/aromatic N) is 3. The molecule has 5 rings (SSSR count). The fraction of sp³-hybridized carbons (Fsp3) is 0.333. The van der Waals surface area contributed by atoms with E-state index >= 15 is 0 Å². The minimum absolute atomic E-state index is 0.185. The van der Waals surface area contributed by atoms with Crippen molar-refractivity contribution in [2.45, 2.75) is 44.4 Å². The molecule has 0 spiro atoms. The number of hydrogen-bond acceptors (Lipinski definition) is 2. The maximum atomic E-state index is 13.8. The fourth-order valence-electron chi connectivity index (χ4n) is 4.94. The lowest BCUT2D eigenvalue weighted by molar-refractivity contribution is 0.285. The van der Waals surface area contributed by atoms with E-state index in [1.165, 1.54) is 24.5 Å². The third-order valence-electron chi connectivity index (χ3n) is 6.53. The van der Waals surface area contributed by atoms with Gasteiger partial charge < -0.3 is 4.40 Å². The summed E-state index contributed by atoms with van der Waals surface area (Å²) in [5.41, 5.74) is 3.29. The van der Waals surface area contributed by atoms with Crippen LogP contribution in [0.4, 0.5) is 4.39 Å². The van der Waals surface area contributed by atoms with Crippen LogP contribution in [-0.4, -0.2) is 14.4 Å². The lowest BCUT2D eigenvalue weighted by Crippen LogP contribution is -2.20. The Hall–Kier alpha value is -2.75. The average Bonchev–Trinajstić information content (AvgIpc) is 3.17. The highest BCUT2D eigenvalue weighted by molar-refractivity contribution is 5.82. The molecule has 3 heterocycles. The highest BCUT2D eigenvalue weighted by Gasteiger charge is 2.29. The van der Waals surface area contributed by atoms with E-state index in [1.54, 1.807) is 12.1 Å². The van der Waals surface area contributed by atoms with Gasteiger partial charge in [0.2, 0.25) is 0 Å². The van der Waals surface area contributed by atoms with Gasteiger partial charge in [0.25, 0.3) is 0 Å². The van der Waals surface area contributed by atoms with Crippen molar-refractivity contribution in [3.05, 3.63) is 78.3 Å². The first-order valence-corrected chi connectivity index (χ1v) is 10.2. The predicted molar refractivity (Wildman–Crippen MR) is 110 cm³/mol. The Kier molecular flexibility index (Phi) is 4.34. The smallest absolute Gasteiger partial charge is 0.123 e. The molecule has 1 aliphatic carbocycles. The molecule has 1 saturated carbocycles. The van der Waals surface area contributed by atoms with E-state index in [4.69, 9.17) is 4.98 Å². The van der Waals surface area contributed by atoms with Crippen LogP contribution in [0, 0.1) is 11.7 Å². The molecule has 0 amide bonds. The SMILES string of the molecule is C[C@@H](c1ncc2ccccn12)[C@H]1CC[C@@H](c2ccnc3ccc(F)cc32)CC1. The summed E-state index contributed by atoms with van der Waals surface area (Å²) in [6.45, 7) is 2.31. The van der Waals surface area contributed by atoms with E-state index in [2.05, 4.69) is 46.8 Å². The van der Waals surface area contributed by atoms with Gasteiger partial charge in [-0.1, -0.05) is 13.0 Å². The monoisotopic (exact) mass is 373 g/mol. The van der Waals surface area contributed by atoms with Gasteiger partial charge in [-0.05, 0) is 79.5 Å². The molecule has 0 N–H and O–H groups in total. The van der Waals surface area contributed by atoms with Crippen LogP contribution in [0.15, 0.2) is 61.1 Å². The number of hydrogen-bond donors (Lipinski definition) is 0. The number of fused-ring (bicyclic) bond motifs is 2. The molecule has 0 radical (unpaired) electrons. The van der Waals surface area contributed by atoms with E-state index in [0.717, 1.165) is 35.1 Å². The summed E-state index contributed by atoms with van der Waals surface area (Å²) in [5, 5.41) is 0.971. The van der Waals surface area contributed by atoms with Gasteiger partial charge in [0.05, 0.1) is 17.2 Å². The summed E-state index contributed by atoms with van der Waals surface area (Å²) in [5.74, 6) is 2.52. The molecule has 3 aromatic heterocycles. The Labute approximate surface area is 164 Å². The van der Waals surface area contributed by atoms with Crippen molar-refractivity contribution in [2.75, 3.05) is 0 Å². The standard InChI is InChI=1S/C24H24FN3/c1-16(24-27-15-20-4-2-3-13-28(20)24)17-5-7-18(8-6-17)21-11-12-26-23-10-9-19(25)14-22(21)23/h2-4,9-18H,5-8H2,1H3/t16-,17-,18+/m1/s1. The van der Waals surface area contributed by atoms with Crippen molar-refractivity contribution >= 4 is 16.4 Å². The second kappa shape index (κ2) is 7.01. The minimum atomic E-state index is -0.185. The molecule has 4 heteroatoms. The van der Waals surface area contributed by atoms with Gasteiger partial charge in [-0.15, -0.1) is 0 Å². The van der Waals surface area contributed by atoms with Gasteiger partial charge in [-0.3, -0.25) is 4.98 Å². The third-order valence-corrected chi connectivity index (χ3v) is 6.53. The molecule has 1 fully saturated rings. The zero-order valence-electron chi connectivity index (χ0n) is 16.1. The lowest BCUT2D eigenvalue weighted by atomic mass is 9.73. The summed E-state index contributed by atoms with van der Waals surface area (Å²) >= 11 is 0. The van der Waals surface area contributed by atoms with E-state index in [-0.39, 0.29) is 5.82 Å². The van der Waals surface area contributed by atoms with Crippen LogP contribution in [0.5, 0.6) is 0 Å². The number of aromatic nitrogens is 3. The summed E-state index contributed by atoms with van der Waals surface area (Å²) in [7, 11) is 0. The van der Waals surface area contributed by atoms with Gasteiger partial charge in [0.1, 0.15) is 11.6 Å². The van der Waals surface area contributed by atoms with E-state index in [0.29, 0.717) is 17.8 Å². The quantitative estimate of drug-likeness (QED) is 0.434. The summed E-state index contributed by atoms with van der Waals surface area (Å²) in [6, 6.07) is 13.2. The van der Waals surface area contributed by atoms with Gasteiger partial charge in [0.15, 0.2) is 0 Å². The molecule has 0 bridgehead atoms. The number of pyridine rings is 2. The molecular formula is C24H24FN3. The van der Waals surface area contributed by atoms with Crippen LogP contribution in [0.2, 0.25) is 0 Å². The first kappa shape index (κ1) is 17.4. The average molecular weight is 373 g/mol. The first-order chi connectivity index (χ1) is 13.7. The maximum absolute atomic E-state index is 13.8. The van der Waals surface area contributed by atoms with Crippen molar-refractivity contribution in [3.63, 3.8) is 0 Å². The molecule has 1 aliphatic rings. The zero-order valence-corrected chi connectivity index (χ0v) is 16.1. The largest absolute Gasteiger partial charge is 0.304 e. The Morgan fingerprint density at radius 2 is 1.89 bits per heavy atom. The van der Waals surface area contributed by atoms with Crippen LogP contribution in [0.1, 0.15) is 55.8 Å². The molecule has 0 unspecified atom stereocenters. The second-order valence-corrected chi connectivity index (χ2v) is 8.07. The minimum Gasteiger partial charge on any atom is -0.304 e. The Morgan fingerprint density at radius 1 is 1.04 bits per heavy atom. The number of rotatable bonds is 3. The van der Waals surface area contributed by atoms with Crippen molar-refractivity contribution in [3.8, 4) is 0 Å². The molecular weight excluding hydrogens is 349 g/mol. The second-order valence-electron chi connectivity index (χ2n) is 8.07. The molecule has 3 nitrogen and oxygen atoms in total. The van der Waals surface area contributed by atoms with Crippen LogP contribution in [0.3, 0.4) is 0 Å². The Bertz CT molecular complexity index is 1130. The normalized spacial score (nSPS) is 21.2. The van der Waals surface area contributed by atoms with Crippen molar-refractivity contribution in [1.29, 1.82) is 0 Å². The van der Waals surface area contributed by atoms with Gasteiger partial charge in [-0.25, -0.2) is 9.37 Å². The molecule has 1 aromatic carbocycles. The van der Waals surface area contributed by atoms with Crippen molar-refractivity contribution < 1.29 is 4.39 Å². The molecule has 28 heavy (non-hydrogen) atoms. The van der Waals surface area contributed by atoms with E-state index in [1.807, 2.05) is 12.4 Å². The number of halogens is 1. The van der Waals surface area contributed by atoms with E-state index < -0.39 is 0 Å². The molecule has 1 atom stereocenters. The van der Waals surface area contributed by atoms with Gasteiger partial charge in [-0.2, -0.15) is 0 Å². The van der Waals surface area contributed by atoms with Gasteiger partial charge >= 0.3 is 0 Å². The zero-order chi connectivity index (χ0) is 19.1. The maximum Gasteiger partial charge on any atom is 0.123 e. The van der Waals surface area contributed by atoms with Crippen LogP contribution < -0.4 is 0 Å². The lowest BCUT2D eigenvalue weighted by Gasteiger charge is -2.32. The van der Waals surface area contributed by atoms with Gasteiger partial charge in [0, 0.05) is 23.7 Å². The van der Waals surface area contributed by atoms with Crippen LogP contribution in [0.25, 0.3) is 16.4 Å². The Morgan fingerprint density at radius 3 is 2.75 bits per heavy atom. The van der Waals surface area contributed by atoms with Crippen molar-refractivity contribution in [1.82, 2.24) is 14.4 Å². The van der Waals surface area contributed by atoms with Crippen LogP contribution >= 0.6 is 0 Å². The topological polar surface area (TPSA) is 30.2 Å². The van der Waals surface area contributed by atoms with Crippen LogP contribution in [-0.2, 0) is 0 Å². The Balaban J connectivity index is 1.36. The summed E-state index contributed by atoms with van der Waals surface area (Å²) in [4.78, 5) is 9.12.